The van der Waals surface area contributed by atoms with Gasteiger partial charge in [0.05, 0.1) is 5.69 Å². The highest BCUT2D eigenvalue weighted by Gasteiger charge is 2.17. The first kappa shape index (κ1) is 12.5. The molecule has 0 amide bonds. The van der Waals surface area contributed by atoms with Crippen LogP contribution in [0.3, 0.4) is 0 Å². The van der Waals surface area contributed by atoms with Gasteiger partial charge in [0.1, 0.15) is 17.8 Å². The number of aryl methyl sites for hydroxylation is 1. The highest BCUT2D eigenvalue weighted by atomic mass is 15.3. The van der Waals surface area contributed by atoms with Crippen LogP contribution in [0.1, 0.15) is 32.3 Å². The second kappa shape index (κ2) is 5.16. The van der Waals surface area contributed by atoms with E-state index in [4.69, 9.17) is 0 Å². The molecule has 5 nitrogen and oxygen atoms in total. The summed E-state index contributed by atoms with van der Waals surface area (Å²) in [6, 6.07) is 1.98. The molecular weight excluding hydrogens is 226 g/mol. The van der Waals surface area contributed by atoms with E-state index >= 15 is 0 Å². The van der Waals surface area contributed by atoms with E-state index < -0.39 is 0 Å². The Morgan fingerprint density at radius 1 is 1.33 bits per heavy atom. The van der Waals surface area contributed by atoms with Gasteiger partial charge in [-0.25, -0.2) is 9.97 Å². The van der Waals surface area contributed by atoms with Crippen LogP contribution in [0.2, 0.25) is 0 Å². The van der Waals surface area contributed by atoms with Crippen molar-refractivity contribution in [3.8, 4) is 11.4 Å². The van der Waals surface area contributed by atoms with Crippen molar-refractivity contribution in [1.82, 2.24) is 19.7 Å². The molecule has 0 aliphatic carbocycles. The lowest BCUT2D eigenvalue weighted by Gasteiger charge is -2.15. The quantitative estimate of drug-likeness (QED) is 0.898. The topological polar surface area (TPSA) is 55.6 Å². The molecule has 5 heteroatoms. The number of hydrogen-bond acceptors (Lipinski definition) is 4. The fraction of sp³-hybridized carbons (Fsp3) is 0.462. The fourth-order valence-electron chi connectivity index (χ4n) is 2.00. The van der Waals surface area contributed by atoms with Crippen molar-refractivity contribution in [1.29, 1.82) is 0 Å². The van der Waals surface area contributed by atoms with Crippen LogP contribution in [0.25, 0.3) is 11.4 Å². The summed E-state index contributed by atoms with van der Waals surface area (Å²) in [5.74, 6) is 1.25. The van der Waals surface area contributed by atoms with Crippen molar-refractivity contribution in [2.75, 3.05) is 11.9 Å². The van der Waals surface area contributed by atoms with Gasteiger partial charge in [0.25, 0.3) is 0 Å². The lowest BCUT2D eigenvalue weighted by Crippen LogP contribution is -2.08. The number of hydrogen-bond donors (Lipinski definition) is 1. The van der Waals surface area contributed by atoms with Crippen molar-refractivity contribution >= 4 is 5.82 Å². The zero-order valence-electron chi connectivity index (χ0n) is 11.3. The third-order valence-corrected chi connectivity index (χ3v) is 2.76. The molecule has 2 rings (SSSR count). The van der Waals surface area contributed by atoms with Crippen LogP contribution >= 0.6 is 0 Å². The molecule has 1 N–H and O–H groups in total. The minimum absolute atomic E-state index is 0.345. The van der Waals surface area contributed by atoms with Crippen molar-refractivity contribution in [3.63, 3.8) is 0 Å². The van der Waals surface area contributed by atoms with Crippen molar-refractivity contribution < 1.29 is 0 Å². The average molecular weight is 245 g/mol. The Balaban J connectivity index is 2.56. The van der Waals surface area contributed by atoms with Crippen molar-refractivity contribution in [2.24, 2.45) is 7.05 Å². The van der Waals surface area contributed by atoms with Crippen molar-refractivity contribution in [3.05, 3.63) is 24.2 Å². The monoisotopic (exact) mass is 245 g/mol. The van der Waals surface area contributed by atoms with E-state index in [0.717, 1.165) is 29.3 Å². The van der Waals surface area contributed by atoms with Gasteiger partial charge < -0.3 is 5.32 Å². The number of nitrogens with zero attached hydrogens (tertiary/aromatic N) is 4. The second-order valence-corrected chi connectivity index (χ2v) is 4.54. The SMILES string of the molecule is CCNc1ncnc(-c2ccn(C)n2)c1C(C)C. The third kappa shape index (κ3) is 2.34. The van der Waals surface area contributed by atoms with E-state index in [1.807, 2.05) is 19.3 Å². The smallest absolute Gasteiger partial charge is 0.133 e. The van der Waals surface area contributed by atoms with Crippen LogP contribution in [-0.4, -0.2) is 26.3 Å². The molecule has 0 aromatic carbocycles. The minimum atomic E-state index is 0.345. The molecular formula is C13H19N5. The predicted molar refractivity (Wildman–Crippen MR) is 72.5 cm³/mol. The number of rotatable bonds is 4. The molecule has 2 aromatic heterocycles. The first-order chi connectivity index (χ1) is 8.63. The van der Waals surface area contributed by atoms with E-state index in [-0.39, 0.29) is 0 Å². The summed E-state index contributed by atoms with van der Waals surface area (Å²) < 4.78 is 1.79. The first-order valence-corrected chi connectivity index (χ1v) is 6.22. The van der Waals surface area contributed by atoms with Crippen LogP contribution in [0.15, 0.2) is 18.6 Å². The largest absolute Gasteiger partial charge is 0.370 e. The molecule has 0 aliphatic heterocycles. The fourth-order valence-corrected chi connectivity index (χ4v) is 2.00. The molecule has 0 atom stereocenters. The highest BCUT2D eigenvalue weighted by molar-refractivity contribution is 5.66. The molecule has 0 bridgehead atoms. The highest BCUT2D eigenvalue weighted by Crippen LogP contribution is 2.30. The van der Waals surface area contributed by atoms with Gasteiger partial charge in [0.2, 0.25) is 0 Å². The standard InChI is InChI=1S/C13H19N5/c1-5-14-13-11(9(2)3)12(15-8-16-13)10-6-7-18(4)17-10/h6-9H,5H2,1-4H3,(H,14,15,16). The Kier molecular flexibility index (Phi) is 3.60. The van der Waals surface area contributed by atoms with Gasteiger partial charge in [-0.2, -0.15) is 5.10 Å². The van der Waals surface area contributed by atoms with Crippen LogP contribution in [0.4, 0.5) is 5.82 Å². The summed E-state index contributed by atoms with van der Waals surface area (Å²) in [4.78, 5) is 8.73. The van der Waals surface area contributed by atoms with E-state index in [1.165, 1.54) is 0 Å². The Bertz CT molecular complexity index is 530. The van der Waals surface area contributed by atoms with Crippen molar-refractivity contribution in [2.45, 2.75) is 26.7 Å². The zero-order chi connectivity index (χ0) is 13.1. The minimum Gasteiger partial charge on any atom is -0.370 e. The van der Waals surface area contributed by atoms with Crippen LogP contribution in [0.5, 0.6) is 0 Å². The predicted octanol–water partition coefficient (Wildman–Crippen LogP) is 2.43. The molecule has 0 fully saturated rings. The molecule has 0 radical (unpaired) electrons. The van der Waals surface area contributed by atoms with Gasteiger partial charge in [0, 0.05) is 25.4 Å². The summed E-state index contributed by atoms with van der Waals surface area (Å²) in [5.41, 5.74) is 2.93. The Hall–Kier alpha value is -1.91. The molecule has 0 saturated heterocycles. The molecule has 96 valence electrons. The first-order valence-electron chi connectivity index (χ1n) is 6.22. The van der Waals surface area contributed by atoms with E-state index in [1.54, 1.807) is 11.0 Å². The summed E-state index contributed by atoms with van der Waals surface area (Å²) in [6.07, 6.45) is 3.52. The third-order valence-electron chi connectivity index (χ3n) is 2.76. The average Bonchev–Trinajstić information content (AvgIpc) is 2.75. The maximum atomic E-state index is 4.42. The summed E-state index contributed by atoms with van der Waals surface area (Å²) in [7, 11) is 1.91. The molecule has 0 spiro atoms. The second-order valence-electron chi connectivity index (χ2n) is 4.54. The summed E-state index contributed by atoms with van der Waals surface area (Å²) >= 11 is 0. The molecule has 2 aromatic rings. The molecule has 18 heavy (non-hydrogen) atoms. The summed E-state index contributed by atoms with van der Waals surface area (Å²) in [6.45, 7) is 7.20. The van der Waals surface area contributed by atoms with Crippen LogP contribution < -0.4 is 5.32 Å². The lowest BCUT2D eigenvalue weighted by atomic mass is 10.00. The molecule has 0 saturated carbocycles. The number of aromatic nitrogens is 4. The van der Waals surface area contributed by atoms with Gasteiger partial charge in [0.15, 0.2) is 0 Å². The van der Waals surface area contributed by atoms with E-state index in [0.29, 0.717) is 5.92 Å². The van der Waals surface area contributed by atoms with Gasteiger partial charge in [-0.1, -0.05) is 13.8 Å². The van der Waals surface area contributed by atoms with E-state index in [9.17, 15) is 0 Å². The summed E-state index contributed by atoms with van der Waals surface area (Å²) in [5, 5.41) is 7.71. The lowest BCUT2D eigenvalue weighted by molar-refractivity contribution is 0.767. The van der Waals surface area contributed by atoms with Crippen LogP contribution in [0, 0.1) is 0 Å². The van der Waals surface area contributed by atoms with Gasteiger partial charge in [-0.3, -0.25) is 4.68 Å². The normalized spacial score (nSPS) is 10.9. The number of nitrogens with one attached hydrogen (secondary N) is 1. The van der Waals surface area contributed by atoms with E-state index in [2.05, 4.69) is 41.2 Å². The Morgan fingerprint density at radius 2 is 2.11 bits per heavy atom. The number of anilines is 1. The maximum absolute atomic E-state index is 4.42. The van der Waals surface area contributed by atoms with Gasteiger partial charge in [-0.15, -0.1) is 0 Å². The maximum Gasteiger partial charge on any atom is 0.133 e. The zero-order valence-corrected chi connectivity index (χ0v) is 11.3. The Labute approximate surface area is 107 Å². The van der Waals surface area contributed by atoms with Crippen LogP contribution in [-0.2, 0) is 7.05 Å². The Morgan fingerprint density at radius 3 is 2.67 bits per heavy atom. The van der Waals surface area contributed by atoms with Gasteiger partial charge in [-0.05, 0) is 18.9 Å². The molecule has 2 heterocycles. The molecule has 0 unspecified atom stereocenters. The molecule has 0 aliphatic rings. The van der Waals surface area contributed by atoms with Gasteiger partial charge >= 0.3 is 0 Å².